The van der Waals surface area contributed by atoms with Crippen molar-refractivity contribution in [2.75, 3.05) is 22.5 Å². The van der Waals surface area contributed by atoms with E-state index >= 15 is 0 Å². The van der Waals surface area contributed by atoms with E-state index in [1.165, 1.54) is 11.1 Å². The van der Waals surface area contributed by atoms with Crippen molar-refractivity contribution in [1.29, 1.82) is 0 Å². The summed E-state index contributed by atoms with van der Waals surface area (Å²) < 4.78 is 0. The van der Waals surface area contributed by atoms with E-state index in [9.17, 15) is 0 Å². The monoisotopic (exact) mass is 318 g/mol. The standard InChI is InChI=1S/C18H18N6/c19-16-8-4-5-13-11-24(10-9-15(13)16)18-21-12-20-17(23-18)22-14-6-2-1-3-7-14/h1-8,12H,9-11,19H2,(H,20,21,22,23). The number of fused-ring (bicyclic) bond motifs is 1. The van der Waals surface area contributed by atoms with Gasteiger partial charge in [-0.3, -0.25) is 0 Å². The lowest BCUT2D eigenvalue weighted by Gasteiger charge is -2.29. The van der Waals surface area contributed by atoms with Gasteiger partial charge in [0.15, 0.2) is 0 Å². The Morgan fingerprint density at radius 3 is 2.75 bits per heavy atom. The molecule has 0 amide bonds. The molecule has 24 heavy (non-hydrogen) atoms. The highest BCUT2D eigenvalue weighted by Crippen LogP contribution is 2.26. The zero-order valence-electron chi connectivity index (χ0n) is 13.2. The van der Waals surface area contributed by atoms with Crippen LogP contribution in [-0.2, 0) is 13.0 Å². The summed E-state index contributed by atoms with van der Waals surface area (Å²) in [7, 11) is 0. The van der Waals surface area contributed by atoms with Crippen molar-refractivity contribution in [2.45, 2.75) is 13.0 Å². The fraction of sp³-hybridized carbons (Fsp3) is 0.167. The van der Waals surface area contributed by atoms with Crippen LogP contribution in [0.3, 0.4) is 0 Å². The first-order chi connectivity index (χ1) is 11.8. The first-order valence-corrected chi connectivity index (χ1v) is 7.92. The average Bonchev–Trinajstić information content (AvgIpc) is 2.63. The van der Waals surface area contributed by atoms with Gasteiger partial charge in [-0.25, -0.2) is 9.97 Å². The van der Waals surface area contributed by atoms with Crippen LogP contribution in [0.4, 0.5) is 23.3 Å². The van der Waals surface area contributed by atoms with Gasteiger partial charge in [-0.1, -0.05) is 30.3 Å². The zero-order valence-corrected chi connectivity index (χ0v) is 13.2. The number of para-hydroxylation sites is 1. The summed E-state index contributed by atoms with van der Waals surface area (Å²) >= 11 is 0. The predicted molar refractivity (Wildman–Crippen MR) is 95.2 cm³/mol. The van der Waals surface area contributed by atoms with E-state index in [-0.39, 0.29) is 0 Å². The van der Waals surface area contributed by atoms with Crippen LogP contribution in [0.1, 0.15) is 11.1 Å². The zero-order chi connectivity index (χ0) is 16.4. The molecular weight excluding hydrogens is 300 g/mol. The lowest BCUT2D eigenvalue weighted by molar-refractivity contribution is 0.706. The van der Waals surface area contributed by atoms with E-state index in [1.54, 1.807) is 6.33 Å². The molecule has 0 unspecified atom stereocenters. The van der Waals surface area contributed by atoms with Gasteiger partial charge in [0.1, 0.15) is 6.33 Å². The van der Waals surface area contributed by atoms with Crippen molar-refractivity contribution in [1.82, 2.24) is 15.0 Å². The number of hydrogen-bond donors (Lipinski definition) is 2. The number of anilines is 4. The normalized spacial score (nSPS) is 13.4. The molecule has 0 bridgehead atoms. The van der Waals surface area contributed by atoms with Crippen molar-refractivity contribution < 1.29 is 0 Å². The molecule has 3 aromatic rings. The van der Waals surface area contributed by atoms with Gasteiger partial charge in [0.2, 0.25) is 11.9 Å². The van der Waals surface area contributed by atoms with E-state index < -0.39 is 0 Å². The highest BCUT2D eigenvalue weighted by atomic mass is 15.3. The summed E-state index contributed by atoms with van der Waals surface area (Å²) in [6.07, 6.45) is 2.44. The van der Waals surface area contributed by atoms with Crippen LogP contribution in [0, 0.1) is 0 Å². The number of nitrogens with zero attached hydrogens (tertiary/aromatic N) is 4. The number of aromatic nitrogens is 3. The summed E-state index contributed by atoms with van der Waals surface area (Å²) in [6, 6.07) is 15.9. The summed E-state index contributed by atoms with van der Waals surface area (Å²) in [5.74, 6) is 1.22. The van der Waals surface area contributed by atoms with E-state index in [4.69, 9.17) is 5.73 Å². The number of hydrogen-bond acceptors (Lipinski definition) is 6. The Morgan fingerprint density at radius 1 is 1.00 bits per heavy atom. The van der Waals surface area contributed by atoms with Crippen molar-refractivity contribution in [2.24, 2.45) is 0 Å². The van der Waals surface area contributed by atoms with E-state index in [0.717, 1.165) is 30.9 Å². The Morgan fingerprint density at radius 2 is 1.88 bits per heavy atom. The number of benzene rings is 2. The third kappa shape index (κ3) is 2.86. The molecule has 0 aliphatic carbocycles. The van der Waals surface area contributed by atoms with Crippen LogP contribution >= 0.6 is 0 Å². The third-order valence-electron chi connectivity index (χ3n) is 4.17. The topological polar surface area (TPSA) is 80.0 Å². The lowest BCUT2D eigenvalue weighted by Crippen LogP contribution is -2.32. The minimum atomic E-state index is 0.546. The molecular formula is C18H18N6. The molecule has 1 aromatic heterocycles. The van der Waals surface area contributed by atoms with E-state index in [1.807, 2.05) is 42.5 Å². The number of nitrogen functional groups attached to an aromatic ring is 1. The minimum Gasteiger partial charge on any atom is -0.398 e. The van der Waals surface area contributed by atoms with E-state index in [0.29, 0.717) is 11.9 Å². The van der Waals surface area contributed by atoms with Crippen molar-refractivity contribution in [3.8, 4) is 0 Å². The molecule has 2 heterocycles. The van der Waals surface area contributed by atoms with Crippen LogP contribution in [0.15, 0.2) is 54.9 Å². The smallest absolute Gasteiger partial charge is 0.231 e. The van der Waals surface area contributed by atoms with Gasteiger partial charge < -0.3 is 16.0 Å². The molecule has 0 atom stereocenters. The SMILES string of the molecule is Nc1cccc2c1CCN(c1ncnc(Nc3ccccc3)n1)C2. The molecule has 0 saturated carbocycles. The first-order valence-electron chi connectivity index (χ1n) is 7.92. The molecule has 4 rings (SSSR count). The maximum absolute atomic E-state index is 6.07. The Hall–Kier alpha value is -3.15. The molecule has 6 heteroatoms. The number of rotatable bonds is 3. The molecule has 2 aromatic carbocycles. The molecule has 120 valence electrons. The van der Waals surface area contributed by atoms with Crippen molar-refractivity contribution >= 4 is 23.3 Å². The highest BCUT2D eigenvalue weighted by Gasteiger charge is 2.20. The summed E-state index contributed by atoms with van der Waals surface area (Å²) in [5, 5.41) is 3.20. The fourth-order valence-corrected chi connectivity index (χ4v) is 2.96. The number of nitrogens with two attached hydrogens (primary N) is 1. The van der Waals surface area contributed by atoms with Gasteiger partial charge in [-0.15, -0.1) is 0 Å². The van der Waals surface area contributed by atoms with Crippen LogP contribution in [0.5, 0.6) is 0 Å². The van der Waals surface area contributed by atoms with Gasteiger partial charge >= 0.3 is 0 Å². The summed E-state index contributed by atoms with van der Waals surface area (Å²) in [5.41, 5.74) is 10.4. The average molecular weight is 318 g/mol. The maximum atomic E-state index is 6.07. The summed E-state index contributed by atoms with van der Waals surface area (Å²) in [6.45, 7) is 1.60. The quantitative estimate of drug-likeness (QED) is 0.723. The molecule has 0 saturated heterocycles. The Labute approximate surface area is 140 Å². The van der Waals surface area contributed by atoms with Crippen LogP contribution in [0.25, 0.3) is 0 Å². The second-order valence-corrected chi connectivity index (χ2v) is 5.76. The second-order valence-electron chi connectivity index (χ2n) is 5.76. The summed E-state index contributed by atoms with van der Waals surface area (Å²) in [4.78, 5) is 15.2. The fourth-order valence-electron chi connectivity index (χ4n) is 2.96. The minimum absolute atomic E-state index is 0.546. The van der Waals surface area contributed by atoms with Crippen molar-refractivity contribution in [3.63, 3.8) is 0 Å². The number of nitrogens with one attached hydrogen (secondary N) is 1. The van der Waals surface area contributed by atoms with Crippen LogP contribution < -0.4 is 16.0 Å². The molecule has 1 aliphatic rings. The van der Waals surface area contributed by atoms with Crippen LogP contribution in [-0.4, -0.2) is 21.5 Å². The largest absolute Gasteiger partial charge is 0.398 e. The molecule has 0 spiro atoms. The Balaban J connectivity index is 1.56. The van der Waals surface area contributed by atoms with Gasteiger partial charge in [0.25, 0.3) is 0 Å². The van der Waals surface area contributed by atoms with Gasteiger partial charge in [0, 0.05) is 24.5 Å². The lowest BCUT2D eigenvalue weighted by atomic mass is 9.98. The third-order valence-corrected chi connectivity index (χ3v) is 4.17. The Bertz CT molecular complexity index is 849. The second kappa shape index (κ2) is 6.16. The van der Waals surface area contributed by atoms with Crippen LogP contribution in [0.2, 0.25) is 0 Å². The van der Waals surface area contributed by atoms with Gasteiger partial charge in [-0.2, -0.15) is 4.98 Å². The Kier molecular flexibility index (Phi) is 3.70. The molecule has 3 N–H and O–H groups in total. The van der Waals surface area contributed by atoms with E-state index in [2.05, 4.69) is 31.2 Å². The molecule has 6 nitrogen and oxygen atoms in total. The molecule has 1 aliphatic heterocycles. The molecule has 0 radical (unpaired) electrons. The first kappa shape index (κ1) is 14.4. The maximum Gasteiger partial charge on any atom is 0.231 e. The molecule has 0 fully saturated rings. The van der Waals surface area contributed by atoms with Gasteiger partial charge in [-0.05, 0) is 35.7 Å². The highest BCUT2D eigenvalue weighted by molar-refractivity contribution is 5.56. The predicted octanol–water partition coefficient (Wildman–Crippen LogP) is 2.76. The van der Waals surface area contributed by atoms with Gasteiger partial charge in [0.05, 0.1) is 0 Å². The van der Waals surface area contributed by atoms with Crippen molar-refractivity contribution in [3.05, 3.63) is 66.0 Å².